The number of aromatic nitrogens is 1. The fourth-order valence-corrected chi connectivity index (χ4v) is 2.25. The third kappa shape index (κ3) is 3.16. The van der Waals surface area contributed by atoms with Crippen LogP contribution in [0.5, 0.6) is 0 Å². The molecular weight excluding hydrogens is 217 g/mol. The van der Waals surface area contributed by atoms with Gasteiger partial charge in [-0.3, -0.25) is 0 Å². The van der Waals surface area contributed by atoms with Crippen molar-refractivity contribution in [2.24, 2.45) is 0 Å². The number of nitrogens with zero attached hydrogens (tertiary/aromatic N) is 2. The molecule has 17 heavy (non-hydrogen) atoms. The van der Waals surface area contributed by atoms with Crippen LogP contribution < -0.4 is 10.2 Å². The first-order chi connectivity index (χ1) is 8.31. The second-order valence-corrected chi connectivity index (χ2v) is 4.46. The SMILES string of the molecule is CCNCc1cc(F)cnc1N1CCCCC1. The average molecular weight is 237 g/mol. The largest absolute Gasteiger partial charge is 0.356 e. The van der Waals surface area contributed by atoms with E-state index >= 15 is 0 Å². The van der Waals surface area contributed by atoms with Crippen molar-refractivity contribution in [1.82, 2.24) is 10.3 Å². The van der Waals surface area contributed by atoms with Gasteiger partial charge in [-0.15, -0.1) is 0 Å². The van der Waals surface area contributed by atoms with E-state index in [0.717, 1.165) is 31.0 Å². The van der Waals surface area contributed by atoms with Crippen LogP contribution in [0.15, 0.2) is 12.3 Å². The van der Waals surface area contributed by atoms with E-state index < -0.39 is 0 Å². The second-order valence-electron chi connectivity index (χ2n) is 4.46. The van der Waals surface area contributed by atoms with Crippen molar-refractivity contribution in [2.45, 2.75) is 32.7 Å². The predicted octanol–water partition coefficient (Wildman–Crippen LogP) is 2.32. The number of anilines is 1. The summed E-state index contributed by atoms with van der Waals surface area (Å²) in [6.07, 6.45) is 5.03. The Hall–Kier alpha value is -1.16. The van der Waals surface area contributed by atoms with Crippen LogP contribution in [-0.4, -0.2) is 24.6 Å². The molecule has 0 radical (unpaired) electrons. The summed E-state index contributed by atoms with van der Waals surface area (Å²) in [7, 11) is 0. The molecule has 0 aliphatic carbocycles. The van der Waals surface area contributed by atoms with E-state index in [1.165, 1.54) is 25.5 Å². The molecule has 0 spiro atoms. The molecule has 0 atom stereocenters. The number of pyridine rings is 1. The fraction of sp³-hybridized carbons (Fsp3) is 0.615. The topological polar surface area (TPSA) is 28.2 Å². The Morgan fingerprint density at radius 1 is 1.35 bits per heavy atom. The molecule has 1 saturated heterocycles. The highest BCUT2D eigenvalue weighted by molar-refractivity contribution is 5.47. The van der Waals surface area contributed by atoms with Gasteiger partial charge in [-0.1, -0.05) is 6.92 Å². The lowest BCUT2D eigenvalue weighted by Crippen LogP contribution is -2.31. The predicted molar refractivity (Wildman–Crippen MR) is 67.6 cm³/mol. The first-order valence-electron chi connectivity index (χ1n) is 6.41. The van der Waals surface area contributed by atoms with Crippen molar-refractivity contribution >= 4 is 5.82 Å². The standard InChI is InChI=1S/C13H20FN3/c1-2-15-9-11-8-12(14)10-16-13(11)17-6-4-3-5-7-17/h8,10,15H,2-7,9H2,1H3. The lowest BCUT2D eigenvalue weighted by Gasteiger charge is -2.29. The van der Waals surface area contributed by atoms with E-state index in [-0.39, 0.29) is 5.82 Å². The van der Waals surface area contributed by atoms with Gasteiger partial charge in [-0.05, 0) is 31.9 Å². The number of hydrogen-bond acceptors (Lipinski definition) is 3. The summed E-state index contributed by atoms with van der Waals surface area (Å²) in [5.74, 6) is 0.700. The number of piperidine rings is 1. The maximum Gasteiger partial charge on any atom is 0.141 e. The van der Waals surface area contributed by atoms with Crippen molar-refractivity contribution < 1.29 is 4.39 Å². The number of halogens is 1. The third-order valence-corrected chi connectivity index (χ3v) is 3.13. The maximum atomic E-state index is 13.2. The Balaban J connectivity index is 2.18. The normalized spacial score (nSPS) is 16.2. The molecule has 1 aliphatic rings. The molecule has 1 N–H and O–H groups in total. The third-order valence-electron chi connectivity index (χ3n) is 3.13. The quantitative estimate of drug-likeness (QED) is 0.871. The van der Waals surface area contributed by atoms with Gasteiger partial charge in [0, 0.05) is 25.2 Å². The minimum atomic E-state index is -0.251. The maximum absolute atomic E-state index is 13.2. The highest BCUT2D eigenvalue weighted by Gasteiger charge is 2.16. The van der Waals surface area contributed by atoms with Crippen LogP contribution in [-0.2, 0) is 6.54 Å². The number of hydrogen-bond donors (Lipinski definition) is 1. The molecule has 0 saturated carbocycles. The molecule has 0 amide bonds. The van der Waals surface area contributed by atoms with Crippen LogP contribution in [0.1, 0.15) is 31.7 Å². The Kier molecular flexibility index (Phi) is 4.31. The molecule has 1 aromatic rings. The zero-order chi connectivity index (χ0) is 12.1. The first-order valence-corrected chi connectivity index (χ1v) is 6.41. The van der Waals surface area contributed by atoms with E-state index in [1.807, 2.05) is 6.92 Å². The molecule has 0 bridgehead atoms. The number of nitrogens with one attached hydrogen (secondary N) is 1. The van der Waals surface area contributed by atoms with Gasteiger partial charge in [0.15, 0.2) is 0 Å². The summed E-state index contributed by atoms with van der Waals surface area (Å²) >= 11 is 0. The molecule has 94 valence electrons. The molecular formula is C13H20FN3. The van der Waals surface area contributed by atoms with Gasteiger partial charge in [-0.2, -0.15) is 0 Å². The lowest BCUT2D eigenvalue weighted by atomic mass is 10.1. The van der Waals surface area contributed by atoms with Crippen LogP contribution >= 0.6 is 0 Å². The van der Waals surface area contributed by atoms with Crippen molar-refractivity contribution in [3.05, 3.63) is 23.6 Å². The smallest absolute Gasteiger partial charge is 0.141 e. The van der Waals surface area contributed by atoms with E-state index in [1.54, 1.807) is 6.07 Å². The summed E-state index contributed by atoms with van der Waals surface area (Å²) < 4.78 is 13.2. The minimum absolute atomic E-state index is 0.251. The molecule has 3 nitrogen and oxygen atoms in total. The Bertz CT molecular complexity index is 362. The molecule has 2 heterocycles. The Morgan fingerprint density at radius 3 is 2.82 bits per heavy atom. The van der Waals surface area contributed by atoms with E-state index in [2.05, 4.69) is 15.2 Å². The van der Waals surface area contributed by atoms with Gasteiger partial charge in [0.2, 0.25) is 0 Å². The minimum Gasteiger partial charge on any atom is -0.356 e. The zero-order valence-corrected chi connectivity index (χ0v) is 10.4. The van der Waals surface area contributed by atoms with Crippen molar-refractivity contribution in [2.75, 3.05) is 24.5 Å². The van der Waals surface area contributed by atoms with Crippen LogP contribution in [0.25, 0.3) is 0 Å². The monoisotopic (exact) mass is 237 g/mol. The van der Waals surface area contributed by atoms with Crippen LogP contribution in [0.3, 0.4) is 0 Å². The number of rotatable bonds is 4. The second kappa shape index (κ2) is 5.96. The molecule has 1 aromatic heterocycles. The highest BCUT2D eigenvalue weighted by Crippen LogP contribution is 2.22. The van der Waals surface area contributed by atoms with E-state index in [4.69, 9.17) is 0 Å². The van der Waals surface area contributed by atoms with E-state index in [0.29, 0.717) is 6.54 Å². The summed E-state index contributed by atoms with van der Waals surface area (Å²) in [5.41, 5.74) is 0.966. The fourth-order valence-electron chi connectivity index (χ4n) is 2.25. The van der Waals surface area contributed by atoms with Crippen molar-refractivity contribution in [1.29, 1.82) is 0 Å². The highest BCUT2D eigenvalue weighted by atomic mass is 19.1. The molecule has 1 fully saturated rings. The average Bonchev–Trinajstić information content (AvgIpc) is 2.37. The van der Waals surface area contributed by atoms with Crippen LogP contribution in [0.4, 0.5) is 10.2 Å². The van der Waals surface area contributed by atoms with Gasteiger partial charge in [0.25, 0.3) is 0 Å². The van der Waals surface area contributed by atoms with Gasteiger partial charge < -0.3 is 10.2 Å². The lowest BCUT2D eigenvalue weighted by molar-refractivity contribution is 0.565. The molecule has 0 unspecified atom stereocenters. The summed E-state index contributed by atoms with van der Waals surface area (Å²) in [6.45, 7) is 5.70. The summed E-state index contributed by atoms with van der Waals surface area (Å²) in [4.78, 5) is 6.54. The van der Waals surface area contributed by atoms with Crippen molar-refractivity contribution in [3.8, 4) is 0 Å². The Labute approximate surface area is 102 Å². The molecule has 0 aromatic carbocycles. The van der Waals surface area contributed by atoms with Crippen LogP contribution in [0, 0.1) is 5.82 Å². The molecule has 2 rings (SSSR count). The van der Waals surface area contributed by atoms with Gasteiger partial charge in [0.05, 0.1) is 6.20 Å². The molecule has 4 heteroatoms. The van der Waals surface area contributed by atoms with Gasteiger partial charge in [0.1, 0.15) is 11.6 Å². The van der Waals surface area contributed by atoms with Crippen molar-refractivity contribution in [3.63, 3.8) is 0 Å². The summed E-state index contributed by atoms with van der Waals surface area (Å²) in [5, 5.41) is 3.24. The zero-order valence-electron chi connectivity index (χ0n) is 10.4. The molecule has 1 aliphatic heterocycles. The Morgan fingerprint density at radius 2 is 2.12 bits per heavy atom. The van der Waals surface area contributed by atoms with Crippen LogP contribution in [0.2, 0.25) is 0 Å². The van der Waals surface area contributed by atoms with Gasteiger partial charge >= 0.3 is 0 Å². The summed E-state index contributed by atoms with van der Waals surface area (Å²) in [6, 6.07) is 1.60. The first kappa shape index (κ1) is 12.3. The van der Waals surface area contributed by atoms with E-state index in [9.17, 15) is 4.39 Å². The van der Waals surface area contributed by atoms with Gasteiger partial charge in [-0.25, -0.2) is 9.37 Å².